The van der Waals surface area contributed by atoms with Crippen molar-refractivity contribution in [2.24, 2.45) is 5.73 Å². The molecule has 0 saturated heterocycles. The average Bonchev–Trinajstić information content (AvgIpc) is 2.18. The van der Waals surface area contributed by atoms with Crippen molar-refractivity contribution in [2.45, 2.75) is 36.8 Å². The summed E-state index contributed by atoms with van der Waals surface area (Å²) in [5.74, 6) is 0. The van der Waals surface area contributed by atoms with Crippen LogP contribution in [0.5, 0.6) is 0 Å². The molecule has 0 aliphatic heterocycles. The van der Waals surface area contributed by atoms with Gasteiger partial charge in [0, 0.05) is 18.0 Å². The normalized spacial score (nSPS) is 15.1. The zero-order chi connectivity index (χ0) is 10.6. The Kier molecular flexibility index (Phi) is 4.38. The van der Waals surface area contributed by atoms with Gasteiger partial charge in [-0.25, -0.2) is 4.98 Å². The van der Waals surface area contributed by atoms with Crippen LogP contribution >= 0.6 is 11.8 Å². The summed E-state index contributed by atoms with van der Waals surface area (Å²) in [6.07, 6.45) is 1.41. The van der Waals surface area contributed by atoms with Crippen LogP contribution in [0.25, 0.3) is 0 Å². The van der Waals surface area contributed by atoms with E-state index in [0.717, 1.165) is 10.6 Å². The summed E-state index contributed by atoms with van der Waals surface area (Å²) in [6, 6.07) is 3.84. The Balaban J connectivity index is 2.75. The minimum Gasteiger partial charge on any atom is -0.392 e. The third kappa shape index (κ3) is 2.97. The number of hydrogen-bond acceptors (Lipinski definition) is 4. The molecule has 14 heavy (non-hydrogen) atoms. The molecule has 0 radical (unpaired) electrons. The Morgan fingerprint density at radius 2 is 2.29 bits per heavy atom. The molecule has 0 fully saturated rings. The van der Waals surface area contributed by atoms with E-state index in [-0.39, 0.29) is 11.4 Å². The summed E-state index contributed by atoms with van der Waals surface area (Å²) < 4.78 is 0. The largest absolute Gasteiger partial charge is 0.392 e. The van der Waals surface area contributed by atoms with E-state index in [4.69, 9.17) is 5.73 Å². The van der Waals surface area contributed by atoms with E-state index in [0.29, 0.717) is 6.54 Å². The molecular weight excluding hydrogens is 196 g/mol. The molecule has 2 unspecified atom stereocenters. The zero-order valence-electron chi connectivity index (χ0n) is 8.47. The van der Waals surface area contributed by atoms with Crippen molar-refractivity contribution in [3.8, 4) is 0 Å². The predicted molar refractivity (Wildman–Crippen MR) is 59.1 cm³/mol. The van der Waals surface area contributed by atoms with Crippen LogP contribution in [0.4, 0.5) is 0 Å². The van der Waals surface area contributed by atoms with Crippen LogP contribution in [-0.2, 0) is 6.54 Å². The Morgan fingerprint density at radius 3 is 2.86 bits per heavy atom. The highest BCUT2D eigenvalue weighted by molar-refractivity contribution is 7.99. The lowest BCUT2D eigenvalue weighted by atomic mass is 10.3. The van der Waals surface area contributed by atoms with Crippen LogP contribution in [0, 0.1) is 0 Å². The van der Waals surface area contributed by atoms with Crippen LogP contribution in [0.3, 0.4) is 0 Å². The van der Waals surface area contributed by atoms with Crippen LogP contribution in [-0.4, -0.2) is 21.4 Å². The number of aromatic nitrogens is 1. The molecule has 1 aromatic rings. The fourth-order valence-corrected chi connectivity index (χ4v) is 1.93. The van der Waals surface area contributed by atoms with Crippen molar-refractivity contribution >= 4 is 11.8 Å². The summed E-state index contributed by atoms with van der Waals surface area (Å²) in [5.41, 5.74) is 6.62. The summed E-state index contributed by atoms with van der Waals surface area (Å²) in [6.45, 7) is 4.25. The van der Waals surface area contributed by atoms with Gasteiger partial charge >= 0.3 is 0 Å². The Bertz CT molecular complexity index is 291. The first kappa shape index (κ1) is 11.5. The first-order chi connectivity index (χ1) is 6.65. The Hall–Kier alpha value is -0.580. The Morgan fingerprint density at radius 1 is 1.57 bits per heavy atom. The molecule has 0 aromatic carbocycles. The van der Waals surface area contributed by atoms with Gasteiger partial charge in [0.2, 0.25) is 0 Å². The van der Waals surface area contributed by atoms with Crippen molar-refractivity contribution in [2.75, 3.05) is 0 Å². The highest BCUT2D eigenvalue weighted by Gasteiger charge is 2.12. The van der Waals surface area contributed by atoms with Gasteiger partial charge in [-0.15, -0.1) is 11.8 Å². The molecule has 1 aromatic heterocycles. The molecule has 3 nitrogen and oxygen atoms in total. The number of pyridine rings is 1. The molecule has 0 bridgehead atoms. The maximum absolute atomic E-state index is 9.37. The lowest BCUT2D eigenvalue weighted by Gasteiger charge is -2.14. The summed E-state index contributed by atoms with van der Waals surface area (Å²) in [7, 11) is 0. The molecule has 0 spiro atoms. The molecule has 0 saturated carbocycles. The van der Waals surface area contributed by atoms with E-state index in [9.17, 15) is 5.11 Å². The molecule has 4 heteroatoms. The molecule has 0 amide bonds. The van der Waals surface area contributed by atoms with E-state index in [2.05, 4.69) is 4.98 Å². The van der Waals surface area contributed by atoms with Gasteiger partial charge in [-0.2, -0.15) is 0 Å². The first-order valence-corrected chi connectivity index (χ1v) is 5.51. The van der Waals surface area contributed by atoms with Gasteiger partial charge in [-0.1, -0.05) is 13.0 Å². The molecule has 3 N–H and O–H groups in total. The minimum atomic E-state index is -0.340. The summed E-state index contributed by atoms with van der Waals surface area (Å²) in [4.78, 5) is 4.24. The maximum Gasteiger partial charge on any atom is 0.101 e. The molecule has 2 atom stereocenters. The number of thioether (sulfide) groups is 1. The number of rotatable bonds is 4. The molecule has 0 aliphatic carbocycles. The van der Waals surface area contributed by atoms with E-state index < -0.39 is 0 Å². The van der Waals surface area contributed by atoms with E-state index in [1.54, 1.807) is 24.9 Å². The molecule has 1 heterocycles. The average molecular weight is 212 g/mol. The third-order valence-corrected chi connectivity index (χ3v) is 3.40. The van der Waals surface area contributed by atoms with Gasteiger partial charge in [-0.3, -0.25) is 0 Å². The van der Waals surface area contributed by atoms with Crippen molar-refractivity contribution in [1.29, 1.82) is 0 Å². The predicted octanol–water partition coefficient (Wildman–Crippen LogP) is 1.40. The fraction of sp³-hybridized carbons (Fsp3) is 0.500. The SMILES string of the molecule is CC(O)C(C)Sc1ncccc1CN. The molecule has 78 valence electrons. The van der Waals surface area contributed by atoms with E-state index >= 15 is 0 Å². The van der Waals surface area contributed by atoms with Gasteiger partial charge in [-0.05, 0) is 18.6 Å². The van der Waals surface area contributed by atoms with Crippen LogP contribution in [0.1, 0.15) is 19.4 Å². The van der Waals surface area contributed by atoms with Gasteiger partial charge in [0.15, 0.2) is 0 Å². The first-order valence-electron chi connectivity index (χ1n) is 4.64. The monoisotopic (exact) mass is 212 g/mol. The van der Waals surface area contributed by atoms with Gasteiger partial charge < -0.3 is 10.8 Å². The quantitative estimate of drug-likeness (QED) is 0.741. The second-order valence-electron chi connectivity index (χ2n) is 3.24. The zero-order valence-corrected chi connectivity index (χ0v) is 9.29. The van der Waals surface area contributed by atoms with E-state index in [1.165, 1.54) is 0 Å². The van der Waals surface area contributed by atoms with Crippen molar-refractivity contribution < 1.29 is 5.11 Å². The number of aliphatic hydroxyl groups excluding tert-OH is 1. The smallest absolute Gasteiger partial charge is 0.101 e. The van der Waals surface area contributed by atoms with Gasteiger partial charge in [0.1, 0.15) is 5.03 Å². The number of hydrogen-bond donors (Lipinski definition) is 2. The second kappa shape index (κ2) is 5.34. The molecular formula is C10H16N2OS. The van der Waals surface area contributed by atoms with Crippen molar-refractivity contribution in [3.05, 3.63) is 23.9 Å². The van der Waals surface area contributed by atoms with E-state index in [1.807, 2.05) is 19.1 Å². The molecule has 1 rings (SSSR count). The lowest BCUT2D eigenvalue weighted by molar-refractivity contribution is 0.196. The number of aliphatic hydroxyl groups is 1. The number of nitrogens with zero attached hydrogens (tertiary/aromatic N) is 1. The summed E-state index contributed by atoms with van der Waals surface area (Å²) in [5, 5.41) is 10.4. The van der Waals surface area contributed by atoms with Crippen LogP contribution in [0.15, 0.2) is 23.4 Å². The van der Waals surface area contributed by atoms with Crippen molar-refractivity contribution in [3.63, 3.8) is 0 Å². The highest BCUT2D eigenvalue weighted by atomic mass is 32.2. The van der Waals surface area contributed by atoms with Gasteiger partial charge in [0.25, 0.3) is 0 Å². The number of nitrogens with two attached hydrogens (primary N) is 1. The second-order valence-corrected chi connectivity index (χ2v) is 4.60. The maximum atomic E-state index is 9.37. The van der Waals surface area contributed by atoms with Crippen LogP contribution < -0.4 is 5.73 Å². The van der Waals surface area contributed by atoms with Crippen molar-refractivity contribution in [1.82, 2.24) is 4.98 Å². The minimum absolute atomic E-state index is 0.134. The summed E-state index contributed by atoms with van der Waals surface area (Å²) >= 11 is 1.56. The standard InChI is InChI=1S/C10H16N2OS/c1-7(13)8(2)14-10-9(6-11)4-3-5-12-10/h3-5,7-8,13H,6,11H2,1-2H3. The fourth-order valence-electron chi connectivity index (χ4n) is 0.960. The third-order valence-electron chi connectivity index (χ3n) is 2.05. The van der Waals surface area contributed by atoms with Crippen LogP contribution in [0.2, 0.25) is 0 Å². The lowest BCUT2D eigenvalue weighted by Crippen LogP contribution is -2.15. The van der Waals surface area contributed by atoms with Gasteiger partial charge in [0.05, 0.1) is 6.10 Å². The topological polar surface area (TPSA) is 59.1 Å². The molecule has 0 aliphatic rings. The highest BCUT2D eigenvalue weighted by Crippen LogP contribution is 2.25. The Labute approximate surface area is 88.7 Å².